The summed E-state index contributed by atoms with van der Waals surface area (Å²) in [4.78, 5) is 33.4. The van der Waals surface area contributed by atoms with Gasteiger partial charge in [-0.15, -0.1) is 0 Å². The molecule has 162 valence electrons. The van der Waals surface area contributed by atoms with Crippen LogP contribution in [0, 0.1) is 5.92 Å². The molecule has 4 fully saturated rings. The maximum Gasteiger partial charge on any atom is 0.340 e. The fourth-order valence-corrected chi connectivity index (χ4v) is 5.22. The third kappa shape index (κ3) is 3.11. The van der Waals surface area contributed by atoms with E-state index in [4.69, 9.17) is 14.2 Å². The molecule has 3 saturated heterocycles. The smallest absolute Gasteiger partial charge is 0.340 e. The van der Waals surface area contributed by atoms with Gasteiger partial charge in [-0.05, 0) is 22.0 Å². The maximum absolute atomic E-state index is 12.7. The Hall–Kier alpha value is -1.79. The Morgan fingerprint density at radius 2 is 1.80 bits per heavy atom. The molecule has 2 N–H and O–H groups in total. The second-order valence-corrected chi connectivity index (χ2v) is 9.13. The first kappa shape index (κ1) is 20.1. The minimum Gasteiger partial charge on any atom is -0.436 e. The van der Waals surface area contributed by atoms with E-state index >= 15 is 0 Å². The maximum atomic E-state index is 12.7. The van der Waals surface area contributed by atoms with Gasteiger partial charge in [-0.2, -0.15) is 0 Å². The molecule has 5 rings (SSSR count). The van der Waals surface area contributed by atoms with Gasteiger partial charge >= 0.3 is 11.9 Å². The van der Waals surface area contributed by atoms with Crippen molar-refractivity contribution in [2.75, 3.05) is 37.7 Å². The third-order valence-electron chi connectivity index (χ3n) is 6.24. The largest absolute Gasteiger partial charge is 0.436 e. The highest BCUT2D eigenvalue weighted by Gasteiger charge is 2.76. The Labute approximate surface area is 180 Å². The number of hydrogen-bond acceptors (Lipinski definition) is 10. The van der Waals surface area contributed by atoms with Crippen LogP contribution in [0.5, 0.6) is 0 Å². The highest BCUT2D eigenvalue weighted by Crippen LogP contribution is 2.64. The van der Waals surface area contributed by atoms with Crippen molar-refractivity contribution in [3.8, 4) is 0 Å². The quantitative estimate of drug-likeness (QED) is 0.550. The van der Waals surface area contributed by atoms with E-state index in [0.29, 0.717) is 55.8 Å². The molecule has 1 aromatic rings. The van der Waals surface area contributed by atoms with Gasteiger partial charge in [0.25, 0.3) is 0 Å². The van der Waals surface area contributed by atoms with Crippen molar-refractivity contribution in [1.82, 2.24) is 9.88 Å². The number of piperidine rings is 1. The van der Waals surface area contributed by atoms with Gasteiger partial charge in [0.1, 0.15) is 0 Å². The van der Waals surface area contributed by atoms with Crippen LogP contribution in [-0.2, 0) is 23.8 Å². The van der Waals surface area contributed by atoms with Crippen molar-refractivity contribution >= 4 is 33.6 Å². The lowest BCUT2D eigenvalue weighted by Crippen LogP contribution is -2.61. The van der Waals surface area contributed by atoms with Gasteiger partial charge in [-0.1, -0.05) is 0 Å². The Kier molecular flexibility index (Phi) is 4.78. The van der Waals surface area contributed by atoms with Gasteiger partial charge in [0, 0.05) is 42.5 Å². The first-order chi connectivity index (χ1) is 14.3. The summed E-state index contributed by atoms with van der Waals surface area (Å²) in [7, 11) is 0. The minimum absolute atomic E-state index is 0.0725. The molecule has 1 aromatic heterocycles. The summed E-state index contributed by atoms with van der Waals surface area (Å²) in [6, 6.07) is 1.82. The van der Waals surface area contributed by atoms with Crippen molar-refractivity contribution in [2.45, 2.75) is 36.5 Å². The number of nitrogens with zero attached hydrogens (tertiary/aromatic N) is 3. The van der Waals surface area contributed by atoms with E-state index in [1.54, 1.807) is 17.3 Å². The Morgan fingerprint density at radius 1 is 1.10 bits per heavy atom. The van der Waals surface area contributed by atoms with Gasteiger partial charge in [0.15, 0.2) is 17.9 Å². The first-order valence-electron chi connectivity index (χ1n) is 9.87. The molecule has 0 amide bonds. The van der Waals surface area contributed by atoms with Crippen LogP contribution in [0.2, 0.25) is 0 Å². The number of carbonyl (C=O) groups excluding carboxylic acids is 2. The predicted octanol–water partition coefficient (Wildman–Crippen LogP) is -0.379. The number of pyridine rings is 1. The predicted molar refractivity (Wildman–Crippen MR) is 104 cm³/mol. The molecule has 5 unspecified atom stereocenters. The van der Waals surface area contributed by atoms with E-state index < -0.39 is 35.6 Å². The number of esters is 2. The Balaban J connectivity index is 1.61. The molecule has 1 saturated carbocycles. The second-order valence-electron chi connectivity index (χ2n) is 8.21. The summed E-state index contributed by atoms with van der Waals surface area (Å²) in [5.74, 6) is -2.17. The minimum atomic E-state index is -2.02. The van der Waals surface area contributed by atoms with E-state index in [0.717, 1.165) is 0 Å². The highest BCUT2D eigenvalue weighted by molar-refractivity contribution is 9.10. The number of aliphatic hydroxyl groups is 2. The number of carbonyl (C=O) groups is 2. The summed E-state index contributed by atoms with van der Waals surface area (Å²) in [5, 5.41) is 20.3. The molecule has 2 bridgehead atoms. The number of aromatic nitrogens is 1. The lowest BCUT2D eigenvalue weighted by Gasteiger charge is -2.46. The van der Waals surface area contributed by atoms with Crippen LogP contribution in [0.4, 0.5) is 5.69 Å². The number of hydrogen-bond donors (Lipinski definition) is 2. The highest BCUT2D eigenvalue weighted by atomic mass is 79.9. The zero-order chi connectivity index (χ0) is 21.1. The number of anilines is 1. The SMILES string of the molecule is O=C1OC2(CN3CCOCC3)CC3CC3(OC(=O)C(O)C1O)N2c1cncc(Br)c1. The third-order valence-corrected chi connectivity index (χ3v) is 6.67. The number of ether oxygens (including phenoxy) is 3. The number of halogens is 1. The molecule has 5 atom stereocenters. The van der Waals surface area contributed by atoms with Crippen LogP contribution in [0.15, 0.2) is 22.9 Å². The molecule has 4 aliphatic rings. The van der Waals surface area contributed by atoms with Gasteiger partial charge in [0.05, 0.1) is 31.6 Å². The van der Waals surface area contributed by atoms with Crippen LogP contribution in [0.25, 0.3) is 0 Å². The van der Waals surface area contributed by atoms with E-state index in [9.17, 15) is 19.8 Å². The molecule has 0 aromatic carbocycles. The molecule has 1 spiro atoms. The number of fused-ring (bicyclic) bond motifs is 1. The summed E-state index contributed by atoms with van der Waals surface area (Å²) in [6.07, 6.45) is 0.192. The summed E-state index contributed by atoms with van der Waals surface area (Å²) in [5.41, 5.74) is -1.63. The van der Waals surface area contributed by atoms with Crippen molar-refractivity contribution in [2.24, 2.45) is 5.92 Å². The fourth-order valence-electron chi connectivity index (χ4n) is 4.87. The number of morpholine rings is 1. The molecule has 1 aliphatic carbocycles. The van der Waals surface area contributed by atoms with Gasteiger partial charge in [-0.3, -0.25) is 14.8 Å². The number of aliphatic hydroxyl groups excluding tert-OH is 2. The van der Waals surface area contributed by atoms with Gasteiger partial charge < -0.3 is 24.4 Å². The van der Waals surface area contributed by atoms with Crippen LogP contribution in [0.1, 0.15) is 12.8 Å². The topological polar surface area (TPSA) is 122 Å². The van der Waals surface area contributed by atoms with Crippen LogP contribution in [-0.4, -0.2) is 88.5 Å². The van der Waals surface area contributed by atoms with Crippen molar-refractivity contribution < 1.29 is 34.0 Å². The first-order valence-corrected chi connectivity index (χ1v) is 10.7. The second kappa shape index (κ2) is 7.13. The molecule has 0 radical (unpaired) electrons. The van der Waals surface area contributed by atoms with E-state index in [2.05, 4.69) is 25.8 Å². The van der Waals surface area contributed by atoms with Crippen molar-refractivity contribution in [1.29, 1.82) is 0 Å². The van der Waals surface area contributed by atoms with Crippen molar-refractivity contribution in [3.63, 3.8) is 0 Å². The average Bonchev–Trinajstić information content (AvgIpc) is 3.30. The Bertz CT molecular complexity index is 881. The zero-order valence-electron chi connectivity index (χ0n) is 16.1. The van der Waals surface area contributed by atoms with E-state index in [1.165, 1.54) is 0 Å². The van der Waals surface area contributed by atoms with E-state index in [-0.39, 0.29) is 5.92 Å². The molecule has 30 heavy (non-hydrogen) atoms. The fraction of sp³-hybridized carbons (Fsp3) is 0.632. The molecule has 10 nitrogen and oxygen atoms in total. The summed E-state index contributed by atoms with van der Waals surface area (Å²) < 4.78 is 17.8. The number of rotatable bonds is 3. The van der Waals surface area contributed by atoms with Gasteiger partial charge in [-0.25, -0.2) is 9.59 Å². The lowest BCUT2D eigenvalue weighted by molar-refractivity contribution is -0.181. The molecular weight excluding hydrogens is 462 g/mol. The molecule has 4 heterocycles. The van der Waals surface area contributed by atoms with Gasteiger partial charge in [0.2, 0.25) is 5.72 Å². The summed E-state index contributed by atoms with van der Waals surface area (Å²) >= 11 is 3.42. The molecule has 3 aliphatic heterocycles. The standard InChI is InChI=1S/C19H22BrN3O7/c20-12-5-13(9-21-8-12)23-18(10-22-1-3-28-4-2-22)6-11-7-19(11,23)30-17(27)15(25)14(24)16(26)29-18/h5,8-9,11,14-15,24-25H,1-4,6-7,10H2. The van der Waals surface area contributed by atoms with Crippen molar-refractivity contribution in [3.05, 3.63) is 22.9 Å². The lowest BCUT2D eigenvalue weighted by atomic mass is 10.0. The molecular formula is C19H22BrN3O7. The average molecular weight is 484 g/mol. The monoisotopic (exact) mass is 483 g/mol. The van der Waals surface area contributed by atoms with Crippen LogP contribution >= 0.6 is 15.9 Å². The summed E-state index contributed by atoms with van der Waals surface area (Å²) in [6.45, 7) is 2.78. The molecule has 11 heteroatoms. The zero-order valence-corrected chi connectivity index (χ0v) is 17.7. The van der Waals surface area contributed by atoms with E-state index in [1.807, 2.05) is 6.07 Å². The van der Waals surface area contributed by atoms with Crippen LogP contribution in [0.3, 0.4) is 0 Å². The Morgan fingerprint density at radius 3 is 2.50 bits per heavy atom. The van der Waals surface area contributed by atoms with Crippen LogP contribution < -0.4 is 4.90 Å². The normalized spacial score (nSPS) is 38.8.